The van der Waals surface area contributed by atoms with E-state index in [1.54, 1.807) is 13.0 Å². The Balaban J connectivity index is 0.000000675. The molecule has 184 valence electrons. The maximum Gasteiger partial charge on any atom is 0.490 e. The molecule has 1 aromatic rings. The number of benzene rings is 1. The number of alkyl halides is 3. The van der Waals surface area contributed by atoms with Crippen LogP contribution in [0.2, 0.25) is 0 Å². The molecule has 0 aliphatic carbocycles. The number of ether oxygens (including phenoxy) is 1. The normalized spacial score (nSPS) is 17.9. The fraction of sp³-hybridized carbons (Fsp3) is 0.500. The second-order valence-corrected chi connectivity index (χ2v) is 7.51. The van der Waals surface area contributed by atoms with Crippen molar-refractivity contribution in [2.45, 2.75) is 56.9 Å². The summed E-state index contributed by atoms with van der Waals surface area (Å²) in [5.74, 6) is -3.15. The van der Waals surface area contributed by atoms with Gasteiger partial charge in [-0.3, -0.25) is 9.59 Å². The van der Waals surface area contributed by atoms with E-state index in [-0.39, 0.29) is 23.9 Å². The fourth-order valence-electron chi connectivity index (χ4n) is 2.80. The zero-order chi connectivity index (χ0) is 24.9. The van der Waals surface area contributed by atoms with Gasteiger partial charge in [0.05, 0.1) is 18.7 Å². The molecule has 0 spiro atoms. The molecule has 1 aliphatic heterocycles. The summed E-state index contributed by atoms with van der Waals surface area (Å²) in [7, 11) is 0. The zero-order valence-electron chi connectivity index (χ0n) is 18.3. The second-order valence-electron chi connectivity index (χ2n) is 7.51. The van der Waals surface area contributed by atoms with Gasteiger partial charge in [0.2, 0.25) is 11.8 Å². The Labute approximate surface area is 190 Å². The van der Waals surface area contributed by atoms with E-state index in [1.807, 2.05) is 30.3 Å². The predicted octanol–water partition coefficient (Wildman–Crippen LogP) is 1.94. The van der Waals surface area contributed by atoms with Crippen molar-refractivity contribution >= 4 is 17.8 Å². The molecule has 0 saturated carbocycles. The number of nitrogens with two attached hydrogens (primary N) is 1. The van der Waals surface area contributed by atoms with Crippen molar-refractivity contribution in [2.75, 3.05) is 13.2 Å². The van der Waals surface area contributed by atoms with Crippen LogP contribution >= 0.6 is 0 Å². The number of carboxylic acid groups (broad SMARTS) is 1. The Morgan fingerprint density at radius 1 is 1.27 bits per heavy atom. The summed E-state index contributed by atoms with van der Waals surface area (Å²) in [6, 6.07) is 9.26. The van der Waals surface area contributed by atoms with Crippen molar-refractivity contribution < 1.29 is 37.4 Å². The highest BCUT2D eigenvalue weighted by atomic mass is 19.4. The SMILES string of the molecule is C[C@H](N)C(=O)N[C@H](C=CC(=O)NC1CCCOC1)CCc1ccccc1.O=C(O)C(F)(F)F. The van der Waals surface area contributed by atoms with Gasteiger partial charge < -0.3 is 26.2 Å². The van der Waals surface area contributed by atoms with Gasteiger partial charge in [0.15, 0.2) is 0 Å². The topological polar surface area (TPSA) is 131 Å². The maximum absolute atomic E-state index is 12.1. The summed E-state index contributed by atoms with van der Waals surface area (Å²) >= 11 is 0. The van der Waals surface area contributed by atoms with Crippen LogP contribution in [-0.2, 0) is 25.5 Å². The molecule has 1 aromatic carbocycles. The lowest BCUT2D eigenvalue weighted by atomic mass is 10.0. The van der Waals surface area contributed by atoms with Crippen molar-refractivity contribution in [1.29, 1.82) is 0 Å². The van der Waals surface area contributed by atoms with Gasteiger partial charge in [-0.25, -0.2) is 4.79 Å². The lowest BCUT2D eigenvalue weighted by Gasteiger charge is -2.22. The van der Waals surface area contributed by atoms with Crippen LogP contribution in [0, 0.1) is 0 Å². The number of carbonyl (C=O) groups excluding carboxylic acids is 2. The molecule has 8 nitrogen and oxygen atoms in total. The third kappa shape index (κ3) is 12.6. The standard InChI is InChI=1S/C20H29N3O3.C2HF3O2/c1-15(21)20(25)23-17(10-9-16-6-3-2-4-7-16)11-12-19(24)22-18-8-5-13-26-14-18;3-2(4,5)1(6)7/h2-4,6-7,11-12,15,17-18H,5,8-10,13-14,21H2,1H3,(H,22,24)(H,23,25);(H,6,7)/t15-,17-,18?;/m0./s1. The first kappa shape index (κ1) is 28.1. The molecule has 2 amide bonds. The number of hydrogen-bond donors (Lipinski definition) is 4. The molecule has 5 N–H and O–H groups in total. The molecule has 33 heavy (non-hydrogen) atoms. The second kappa shape index (κ2) is 14.3. The highest BCUT2D eigenvalue weighted by Crippen LogP contribution is 2.13. The minimum atomic E-state index is -5.08. The number of nitrogens with one attached hydrogen (secondary N) is 2. The molecule has 11 heteroatoms. The number of carboxylic acids is 1. The molecule has 1 fully saturated rings. The number of hydrogen-bond acceptors (Lipinski definition) is 5. The van der Waals surface area contributed by atoms with Crippen molar-refractivity contribution in [3.63, 3.8) is 0 Å². The van der Waals surface area contributed by atoms with Gasteiger partial charge >= 0.3 is 12.1 Å². The summed E-state index contributed by atoms with van der Waals surface area (Å²) in [4.78, 5) is 33.0. The van der Waals surface area contributed by atoms with Crippen LogP contribution in [0.5, 0.6) is 0 Å². The molecule has 0 aromatic heterocycles. The maximum atomic E-state index is 12.1. The van der Waals surface area contributed by atoms with Gasteiger partial charge in [-0.15, -0.1) is 0 Å². The third-order valence-electron chi connectivity index (χ3n) is 4.56. The third-order valence-corrected chi connectivity index (χ3v) is 4.56. The predicted molar refractivity (Wildman–Crippen MR) is 115 cm³/mol. The molecule has 1 aliphatic rings. The molecule has 1 saturated heterocycles. The average molecular weight is 473 g/mol. The van der Waals surface area contributed by atoms with E-state index in [0.717, 1.165) is 25.9 Å². The Kier molecular flexibility index (Phi) is 12.2. The van der Waals surface area contributed by atoms with E-state index in [1.165, 1.54) is 11.6 Å². The summed E-state index contributed by atoms with van der Waals surface area (Å²) < 4.78 is 37.1. The van der Waals surface area contributed by atoms with Gasteiger partial charge in [0, 0.05) is 18.7 Å². The highest BCUT2D eigenvalue weighted by Gasteiger charge is 2.38. The highest BCUT2D eigenvalue weighted by molar-refractivity contribution is 5.88. The van der Waals surface area contributed by atoms with Crippen molar-refractivity contribution in [3.8, 4) is 0 Å². The van der Waals surface area contributed by atoms with E-state index in [4.69, 9.17) is 20.4 Å². The van der Waals surface area contributed by atoms with E-state index in [9.17, 15) is 22.8 Å². The van der Waals surface area contributed by atoms with Crippen LogP contribution in [0.3, 0.4) is 0 Å². The fourth-order valence-corrected chi connectivity index (χ4v) is 2.80. The first-order chi connectivity index (χ1) is 15.5. The molecule has 0 radical (unpaired) electrons. The Hall–Kier alpha value is -2.92. The van der Waals surface area contributed by atoms with Crippen molar-refractivity contribution in [1.82, 2.24) is 10.6 Å². The van der Waals surface area contributed by atoms with E-state index >= 15 is 0 Å². The summed E-state index contributed by atoms with van der Waals surface area (Å²) in [6.45, 7) is 2.95. The van der Waals surface area contributed by atoms with Gasteiger partial charge in [-0.05, 0) is 38.2 Å². The zero-order valence-corrected chi connectivity index (χ0v) is 18.3. The van der Waals surface area contributed by atoms with Crippen LogP contribution in [0.1, 0.15) is 31.7 Å². The van der Waals surface area contributed by atoms with E-state index < -0.39 is 18.2 Å². The van der Waals surface area contributed by atoms with Crippen LogP contribution in [-0.4, -0.2) is 60.4 Å². The lowest BCUT2D eigenvalue weighted by Crippen LogP contribution is -2.43. The number of aryl methyl sites for hydroxylation is 1. The molecular weight excluding hydrogens is 443 g/mol. The van der Waals surface area contributed by atoms with E-state index in [2.05, 4.69) is 10.6 Å². The number of carbonyl (C=O) groups is 3. The minimum Gasteiger partial charge on any atom is -0.475 e. The molecule has 0 bridgehead atoms. The molecule has 2 rings (SSSR count). The van der Waals surface area contributed by atoms with E-state index in [0.29, 0.717) is 13.0 Å². The Morgan fingerprint density at radius 2 is 1.91 bits per heavy atom. The van der Waals surface area contributed by atoms with Gasteiger partial charge in [0.1, 0.15) is 0 Å². The largest absolute Gasteiger partial charge is 0.490 e. The van der Waals surface area contributed by atoms with Crippen LogP contribution in [0.15, 0.2) is 42.5 Å². The number of amides is 2. The number of halogens is 3. The summed E-state index contributed by atoms with van der Waals surface area (Å²) in [6.07, 6.45) is 1.52. The number of aliphatic carboxylic acids is 1. The Bertz CT molecular complexity index is 779. The van der Waals surface area contributed by atoms with Crippen molar-refractivity contribution in [3.05, 3.63) is 48.0 Å². The van der Waals surface area contributed by atoms with Crippen LogP contribution in [0.25, 0.3) is 0 Å². The van der Waals surface area contributed by atoms with Gasteiger partial charge in [-0.2, -0.15) is 13.2 Å². The summed E-state index contributed by atoms with van der Waals surface area (Å²) in [5.41, 5.74) is 6.83. The lowest BCUT2D eigenvalue weighted by molar-refractivity contribution is -0.192. The van der Waals surface area contributed by atoms with Crippen molar-refractivity contribution in [2.24, 2.45) is 5.73 Å². The van der Waals surface area contributed by atoms with Crippen LogP contribution < -0.4 is 16.4 Å². The molecule has 1 unspecified atom stereocenters. The monoisotopic (exact) mass is 473 g/mol. The first-order valence-corrected chi connectivity index (χ1v) is 10.5. The Morgan fingerprint density at radius 3 is 2.42 bits per heavy atom. The quantitative estimate of drug-likeness (QED) is 0.427. The smallest absolute Gasteiger partial charge is 0.475 e. The molecule has 3 atom stereocenters. The van der Waals surface area contributed by atoms with Gasteiger partial charge in [0.25, 0.3) is 0 Å². The first-order valence-electron chi connectivity index (χ1n) is 10.5. The molecular formula is C22H30F3N3O5. The number of rotatable bonds is 8. The minimum absolute atomic E-state index is 0.0577. The van der Waals surface area contributed by atoms with Gasteiger partial charge in [-0.1, -0.05) is 36.4 Å². The van der Waals surface area contributed by atoms with Crippen LogP contribution in [0.4, 0.5) is 13.2 Å². The average Bonchev–Trinajstić information content (AvgIpc) is 2.76. The molecule has 1 heterocycles. The summed E-state index contributed by atoms with van der Waals surface area (Å²) in [5, 5.41) is 13.0.